The zero-order chi connectivity index (χ0) is 22.2. The standard InChI is InChI=1S/C25H24ClO3P/c1-14-10-9-13-20(26)21(14)25(28)30(29)24-17(4)15(2)22(16(3)18(24)5)23(27)19-11-7-6-8-12-19/h6-13,30H,1-5H3. The molecule has 0 amide bonds. The minimum atomic E-state index is -2.84. The van der Waals surface area contributed by atoms with Crippen molar-refractivity contribution in [2.45, 2.75) is 34.6 Å². The lowest BCUT2D eigenvalue weighted by Crippen LogP contribution is -2.20. The molecule has 0 aliphatic rings. The third kappa shape index (κ3) is 3.80. The Morgan fingerprint density at radius 2 is 1.30 bits per heavy atom. The Morgan fingerprint density at radius 1 is 0.733 bits per heavy atom. The molecule has 0 radical (unpaired) electrons. The third-order valence-electron chi connectivity index (χ3n) is 5.77. The molecule has 0 aliphatic carbocycles. The zero-order valence-corrected chi connectivity index (χ0v) is 19.5. The third-order valence-corrected chi connectivity index (χ3v) is 7.95. The molecule has 3 nitrogen and oxygen atoms in total. The molecule has 3 aromatic rings. The van der Waals surface area contributed by atoms with Gasteiger partial charge in [0.05, 0.1) is 5.02 Å². The van der Waals surface area contributed by atoms with E-state index in [1.807, 2.05) is 45.9 Å². The highest BCUT2D eigenvalue weighted by atomic mass is 35.5. The molecule has 0 fully saturated rings. The lowest BCUT2D eigenvalue weighted by Gasteiger charge is -2.20. The van der Waals surface area contributed by atoms with Gasteiger partial charge in [-0.25, -0.2) is 0 Å². The maximum absolute atomic E-state index is 13.4. The molecule has 0 aromatic heterocycles. The summed E-state index contributed by atoms with van der Waals surface area (Å²) in [6.07, 6.45) is 0. The molecular weight excluding hydrogens is 415 g/mol. The molecule has 1 unspecified atom stereocenters. The summed E-state index contributed by atoms with van der Waals surface area (Å²) in [5.41, 5.74) is 4.72. The number of carbonyl (C=O) groups excluding carboxylic acids is 2. The maximum Gasteiger partial charge on any atom is 0.224 e. The first-order valence-corrected chi connectivity index (χ1v) is 11.5. The van der Waals surface area contributed by atoms with E-state index in [4.69, 9.17) is 11.6 Å². The van der Waals surface area contributed by atoms with Crippen molar-refractivity contribution in [3.8, 4) is 0 Å². The Morgan fingerprint density at radius 3 is 1.83 bits per heavy atom. The van der Waals surface area contributed by atoms with Crippen LogP contribution in [-0.2, 0) is 4.57 Å². The molecule has 0 saturated heterocycles. The predicted molar refractivity (Wildman–Crippen MR) is 124 cm³/mol. The molecule has 0 spiro atoms. The van der Waals surface area contributed by atoms with Crippen LogP contribution in [0.3, 0.4) is 0 Å². The van der Waals surface area contributed by atoms with Crippen molar-refractivity contribution in [1.29, 1.82) is 0 Å². The molecule has 0 aliphatic heterocycles. The monoisotopic (exact) mass is 438 g/mol. The van der Waals surface area contributed by atoms with Gasteiger partial charge in [-0.15, -0.1) is 0 Å². The molecule has 0 heterocycles. The van der Waals surface area contributed by atoms with Crippen LogP contribution in [0.25, 0.3) is 0 Å². The van der Waals surface area contributed by atoms with Crippen molar-refractivity contribution in [2.75, 3.05) is 0 Å². The minimum absolute atomic E-state index is 0.0729. The highest BCUT2D eigenvalue weighted by Gasteiger charge is 2.28. The van der Waals surface area contributed by atoms with E-state index in [0.29, 0.717) is 32.6 Å². The Labute approximate surface area is 182 Å². The van der Waals surface area contributed by atoms with E-state index in [9.17, 15) is 14.2 Å². The van der Waals surface area contributed by atoms with Crippen LogP contribution in [0, 0.1) is 34.6 Å². The van der Waals surface area contributed by atoms with Gasteiger partial charge in [0.2, 0.25) is 5.52 Å². The fourth-order valence-corrected chi connectivity index (χ4v) is 6.10. The number of carbonyl (C=O) groups is 2. The molecule has 3 aromatic carbocycles. The molecule has 0 N–H and O–H groups in total. The van der Waals surface area contributed by atoms with Gasteiger partial charge in [0.1, 0.15) is 0 Å². The second-order valence-corrected chi connectivity index (χ2v) is 9.55. The quantitative estimate of drug-likeness (QED) is 0.355. The van der Waals surface area contributed by atoms with E-state index in [1.165, 1.54) is 0 Å². The van der Waals surface area contributed by atoms with Crippen molar-refractivity contribution in [3.63, 3.8) is 0 Å². The highest BCUT2D eigenvalue weighted by molar-refractivity contribution is 7.71. The highest BCUT2D eigenvalue weighted by Crippen LogP contribution is 2.36. The molecule has 30 heavy (non-hydrogen) atoms. The second kappa shape index (κ2) is 8.71. The molecule has 3 rings (SSSR count). The fourth-order valence-electron chi connectivity index (χ4n) is 3.87. The van der Waals surface area contributed by atoms with Gasteiger partial charge in [0, 0.05) is 22.0 Å². The Kier molecular flexibility index (Phi) is 6.45. The smallest absolute Gasteiger partial charge is 0.224 e. The average Bonchev–Trinajstić information content (AvgIpc) is 2.72. The number of rotatable bonds is 5. The number of ketones is 1. The van der Waals surface area contributed by atoms with Crippen LogP contribution >= 0.6 is 19.4 Å². The zero-order valence-electron chi connectivity index (χ0n) is 17.7. The van der Waals surface area contributed by atoms with E-state index < -0.39 is 13.3 Å². The molecule has 0 bridgehead atoms. The summed E-state index contributed by atoms with van der Waals surface area (Å²) < 4.78 is 13.4. The Hall–Kier alpha value is -2.48. The molecule has 1 atom stereocenters. The van der Waals surface area contributed by atoms with E-state index in [-0.39, 0.29) is 5.78 Å². The number of hydrogen-bond acceptors (Lipinski definition) is 3. The predicted octanol–water partition coefficient (Wildman–Crippen LogP) is 6.14. The summed E-state index contributed by atoms with van der Waals surface area (Å²) >= 11 is 6.24. The van der Waals surface area contributed by atoms with Gasteiger partial charge >= 0.3 is 0 Å². The lowest BCUT2D eigenvalue weighted by atomic mass is 9.89. The van der Waals surface area contributed by atoms with Crippen LogP contribution < -0.4 is 5.30 Å². The number of hydrogen-bond donors (Lipinski definition) is 0. The molecular formula is C25H24ClO3P. The van der Waals surface area contributed by atoms with E-state index in [1.54, 1.807) is 37.3 Å². The summed E-state index contributed by atoms with van der Waals surface area (Å²) in [6.45, 7) is 9.14. The normalized spacial score (nSPS) is 11.9. The second-order valence-electron chi connectivity index (χ2n) is 7.54. The van der Waals surface area contributed by atoms with E-state index in [0.717, 1.165) is 22.3 Å². The van der Waals surface area contributed by atoms with Crippen molar-refractivity contribution in [1.82, 2.24) is 0 Å². The van der Waals surface area contributed by atoms with Gasteiger partial charge < -0.3 is 4.57 Å². The van der Waals surface area contributed by atoms with E-state index in [2.05, 4.69) is 0 Å². The van der Waals surface area contributed by atoms with Crippen molar-refractivity contribution < 1.29 is 14.2 Å². The topological polar surface area (TPSA) is 51.2 Å². The summed E-state index contributed by atoms with van der Waals surface area (Å²) in [5.74, 6) is -0.0729. The van der Waals surface area contributed by atoms with Crippen LogP contribution in [0.4, 0.5) is 0 Å². The van der Waals surface area contributed by atoms with Crippen LogP contribution in [0.1, 0.15) is 54.1 Å². The first kappa shape index (κ1) is 22.2. The van der Waals surface area contributed by atoms with Gasteiger partial charge in [-0.2, -0.15) is 0 Å². The molecule has 154 valence electrons. The maximum atomic E-state index is 13.4. The number of aryl methyl sites for hydroxylation is 1. The van der Waals surface area contributed by atoms with Gasteiger partial charge in [-0.1, -0.05) is 54.1 Å². The molecule has 5 heteroatoms. The number of benzene rings is 3. The summed E-state index contributed by atoms with van der Waals surface area (Å²) in [4.78, 5) is 26.3. The average molecular weight is 439 g/mol. The summed E-state index contributed by atoms with van der Waals surface area (Å²) in [5, 5.41) is 0.835. The SMILES string of the molecule is Cc1cccc(Cl)c1C(=O)[PH](=O)c1c(C)c(C)c(C(=O)c2ccccc2)c(C)c1C. The van der Waals surface area contributed by atoms with Gasteiger partial charge in [-0.3, -0.25) is 9.59 Å². The summed E-state index contributed by atoms with van der Waals surface area (Å²) in [7, 11) is -2.84. The molecule has 0 saturated carbocycles. The van der Waals surface area contributed by atoms with Gasteiger partial charge in [-0.05, 0) is 68.5 Å². The van der Waals surface area contributed by atoms with Gasteiger partial charge in [0.15, 0.2) is 13.6 Å². The Balaban J connectivity index is 2.15. The van der Waals surface area contributed by atoms with Crippen molar-refractivity contribution in [2.24, 2.45) is 0 Å². The van der Waals surface area contributed by atoms with Crippen molar-refractivity contribution in [3.05, 3.63) is 98.1 Å². The van der Waals surface area contributed by atoms with Crippen LogP contribution in [0.2, 0.25) is 5.02 Å². The number of halogens is 1. The largest absolute Gasteiger partial charge is 0.313 e. The van der Waals surface area contributed by atoms with Crippen LogP contribution in [0.5, 0.6) is 0 Å². The fraction of sp³-hybridized carbons (Fsp3) is 0.200. The lowest BCUT2D eigenvalue weighted by molar-refractivity contribution is 0.103. The van der Waals surface area contributed by atoms with Gasteiger partial charge in [0.25, 0.3) is 0 Å². The van der Waals surface area contributed by atoms with Crippen LogP contribution in [-0.4, -0.2) is 11.3 Å². The minimum Gasteiger partial charge on any atom is -0.313 e. The van der Waals surface area contributed by atoms with Crippen LogP contribution in [0.15, 0.2) is 48.5 Å². The van der Waals surface area contributed by atoms with Crippen molar-refractivity contribution >= 4 is 36.0 Å². The first-order valence-electron chi connectivity index (χ1n) is 9.71. The van der Waals surface area contributed by atoms with E-state index >= 15 is 0 Å². The summed E-state index contributed by atoms with van der Waals surface area (Å²) in [6, 6.07) is 14.3. The Bertz CT molecular complexity index is 1150. The first-order chi connectivity index (χ1) is 14.2.